The number of para-hydroxylation sites is 1. The highest BCUT2D eigenvalue weighted by atomic mass is 32.2. The van der Waals surface area contributed by atoms with Crippen molar-refractivity contribution in [1.29, 1.82) is 0 Å². The van der Waals surface area contributed by atoms with Crippen LogP contribution >= 0.6 is 11.8 Å². The van der Waals surface area contributed by atoms with Gasteiger partial charge in [-0.25, -0.2) is 0 Å². The normalized spacial score (nSPS) is 15.3. The Balaban J connectivity index is 1.75. The second kappa shape index (κ2) is 6.57. The first-order valence-corrected chi connectivity index (χ1v) is 8.64. The van der Waals surface area contributed by atoms with Gasteiger partial charge in [0.1, 0.15) is 0 Å². The first-order chi connectivity index (χ1) is 10.6. The van der Waals surface area contributed by atoms with E-state index in [1.807, 2.05) is 24.3 Å². The summed E-state index contributed by atoms with van der Waals surface area (Å²) in [6.07, 6.45) is 4.59. The standard InChI is InChI=1S/C17H20N2O2S/c1-19-14-9-5-4-8-13(14)15(10-17(19)21)22-11-16(20)18-12-6-2-3-7-12/h4-5,8-10,12H,2-3,6-7,11H2,1H3,(H,18,20). The number of nitrogens with one attached hydrogen (secondary N) is 1. The fraction of sp³-hybridized carbons (Fsp3) is 0.412. The molecule has 0 unspecified atom stereocenters. The molecule has 1 aromatic carbocycles. The van der Waals surface area contributed by atoms with E-state index < -0.39 is 0 Å². The Morgan fingerprint density at radius 3 is 2.82 bits per heavy atom. The number of hydrogen-bond donors (Lipinski definition) is 1. The summed E-state index contributed by atoms with van der Waals surface area (Å²) in [5, 5.41) is 4.10. The fourth-order valence-electron chi connectivity index (χ4n) is 2.98. The minimum Gasteiger partial charge on any atom is -0.353 e. The van der Waals surface area contributed by atoms with E-state index in [4.69, 9.17) is 0 Å². The smallest absolute Gasteiger partial charge is 0.251 e. The predicted molar refractivity (Wildman–Crippen MR) is 90.3 cm³/mol. The summed E-state index contributed by atoms with van der Waals surface area (Å²) in [5.41, 5.74) is 0.853. The number of fused-ring (bicyclic) bond motifs is 1. The van der Waals surface area contributed by atoms with Gasteiger partial charge < -0.3 is 9.88 Å². The molecule has 2 aromatic rings. The van der Waals surface area contributed by atoms with Crippen LogP contribution in [-0.2, 0) is 11.8 Å². The third kappa shape index (κ3) is 3.19. The monoisotopic (exact) mass is 316 g/mol. The molecule has 1 N–H and O–H groups in total. The maximum absolute atomic E-state index is 12.0. The topological polar surface area (TPSA) is 51.1 Å². The Hall–Kier alpha value is -1.75. The van der Waals surface area contributed by atoms with E-state index in [-0.39, 0.29) is 11.5 Å². The van der Waals surface area contributed by atoms with Crippen LogP contribution in [0.5, 0.6) is 0 Å². The van der Waals surface area contributed by atoms with Gasteiger partial charge in [-0.3, -0.25) is 9.59 Å². The molecule has 0 atom stereocenters. The van der Waals surface area contributed by atoms with Gasteiger partial charge in [0.25, 0.3) is 5.56 Å². The molecule has 1 saturated carbocycles. The van der Waals surface area contributed by atoms with Crippen molar-refractivity contribution in [1.82, 2.24) is 9.88 Å². The highest BCUT2D eigenvalue weighted by Gasteiger charge is 2.17. The molecule has 1 fully saturated rings. The minimum absolute atomic E-state index is 0.0441. The quantitative estimate of drug-likeness (QED) is 0.882. The van der Waals surface area contributed by atoms with E-state index in [2.05, 4.69) is 5.32 Å². The minimum atomic E-state index is -0.0441. The Morgan fingerprint density at radius 2 is 2.05 bits per heavy atom. The molecule has 1 aliphatic rings. The van der Waals surface area contributed by atoms with E-state index in [0.29, 0.717) is 11.8 Å². The van der Waals surface area contributed by atoms with Gasteiger partial charge in [-0.15, -0.1) is 11.8 Å². The van der Waals surface area contributed by atoms with Crippen LogP contribution < -0.4 is 10.9 Å². The summed E-state index contributed by atoms with van der Waals surface area (Å²) < 4.78 is 1.64. The van der Waals surface area contributed by atoms with E-state index in [0.717, 1.165) is 28.6 Å². The van der Waals surface area contributed by atoms with Gasteiger partial charge in [0.15, 0.2) is 0 Å². The summed E-state index contributed by atoms with van der Waals surface area (Å²) in [6, 6.07) is 9.76. The van der Waals surface area contributed by atoms with Crippen molar-refractivity contribution in [3.8, 4) is 0 Å². The number of rotatable bonds is 4. The second-order valence-electron chi connectivity index (χ2n) is 5.76. The number of nitrogens with zero attached hydrogens (tertiary/aromatic N) is 1. The van der Waals surface area contributed by atoms with Crippen molar-refractivity contribution in [2.24, 2.45) is 7.05 Å². The molecule has 1 amide bonds. The maximum Gasteiger partial charge on any atom is 0.251 e. The average molecular weight is 316 g/mol. The third-order valence-corrected chi connectivity index (χ3v) is 5.25. The molecule has 3 rings (SSSR count). The molecule has 0 aliphatic heterocycles. The number of carbonyl (C=O) groups is 1. The van der Waals surface area contributed by atoms with Crippen LogP contribution in [-0.4, -0.2) is 22.3 Å². The second-order valence-corrected chi connectivity index (χ2v) is 6.78. The number of thioether (sulfide) groups is 1. The Labute approximate surface area is 133 Å². The molecule has 22 heavy (non-hydrogen) atoms. The molecular weight excluding hydrogens is 296 g/mol. The summed E-state index contributed by atoms with van der Waals surface area (Å²) >= 11 is 1.44. The van der Waals surface area contributed by atoms with Gasteiger partial charge in [-0.1, -0.05) is 31.0 Å². The Morgan fingerprint density at radius 1 is 1.32 bits per heavy atom. The zero-order valence-electron chi connectivity index (χ0n) is 12.7. The first-order valence-electron chi connectivity index (χ1n) is 7.66. The predicted octanol–water partition coefficient (Wildman–Crippen LogP) is 2.69. The highest BCUT2D eigenvalue weighted by molar-refractivity contribution is 8.00. The van der Waals surface area contributed by atoms with E-state index in [1.54, 1.807) is 17.7 Å². The lowest BCUT2D eigenvalue weighted by Crippen LogP contribution is -2.33. The van der Waals surface area contributed by atoms with Crippen LogP contribution in [0.3, 0.4) is 0 Å². The lowest BCUT2D eigenvalue weighted by Gasteiger charge is -2.12. The van der Waals surface area contributed by atoms with E-state index in [9.17, 15) is 9.59 Å². The van der Waals surface area contributed by atoms with Crippen LogP contribution in [0.2, 0.25) is 0 Å². The number of carbonyl (C=O) groups excluding carboxylic acids is 1. The maximum atomic E-state index is 12.0. The van der Waals surface area contributed by atoms with Crippen molar-refractivity contribution in [3.63, 3.8) is 0 Å². The van der Waals surface area contributed by atoms with Crippen molar-refractivity contribution >= 4 is 28.6 Å². The third-order valence-electron chi connectivity index (χ3n) is 4.20. The summed E-state index contributed by atoms with van der Waals surface area (Å²) in [6.45, 7) is 0. The van der Waals surface area contributed by atoms with Gasteiger partial charge in [-0.05, 0) is 18.9 Å². The van der Waals surface area contributed by atoms with E-state index in [1.165, 1.54) is 24.6 Å². The molecule has 0 spiro atoms. The zero-order valence-corrected chi connectivity index (χ0v) is 13.5. The van der Waals surface area contributed by atoms with Crippen LogP contribution in [0.1, 0.15) is 25.7 Å². The SMILES string of the molecule is Cn1c(=O)cc(SCC(=O)NC2CCCC2)c2ccccc21. The molecular formula is C17H20N2O2S. The van der Waals surface area contributed by atoms with Crippen molar-refractivity contribution < 1.29 is 4.79 Å². The van der Waals surface area contributed by atoms with E-state index >= 15 is 0 Å². The van der Waals surface area contributed by atoms with Crippen LogP contribution in [0.25, 0.3) is 10.9 Å². The number of aryl methyl sites for hydroxylation is 1. The van der Waals surface area contributed by atoms with Crippen molar-refractivity contribution in [2.75, 3.05) is 5.75 Å². The van der Waals surface area contributed by atoms with Gasteiger partial charge >= 0.3 is 0 Å². The van der Waals surface area contributed by atoms with Crippen LogP contribution in [0.15, 0.2) is 40.0 Å². The Kier molecular flexibility index (Phi) is 4.52. The number of pyridine rings is 1. The summed E-state index contributed by atoms with van der Waals surface area (Å²) in [7, 11) is 1.77. The highest BCUT2D eigenvalue weighted by Crippen LogP contribution is 2.26. The first kappa shape index (κ1) is 15.2. The number of hydrogen-bond acceptors (Lipinski definition) is 3. The number of amides is 1. The molecule has 1 aliphatic carbocycles. The molecule has 4 nitrogen and oxygen atoms in total. The average Bonchev–Trinajstić information content (AvgIpc) is 3.02. The molecule has 5 heteroatoms. The summed E-state index contributed by atoms with van der Waals surface area (Å²) in [5.74, 6) is 0.412. The summed E-state index contributed by atoms with van der Waals surface area (Å²) in [4.78, 5) is 24.9. The lowest BCUT2D eigenvalue weighted by molar-refractivity contribution is -0.119. The molecule has 116 valence electrons. The van der Waals surface area contributed by atoms with Gasteiger partial charge in [-0.2, -0.15) is 0 Å². The van der Waals surface area contributed by atoms with Crippen molar-refractivity contribution in [2.45, 2.75) is 36.6 Å². The molecule has 0 radical (unpaired) electrons. The molecule has 1 heterocycles. The largest absolute Gasteiger partial charge is 0.353 e. The van der Waals surface area contributed by atoms with Crippen LogP contribution in [0.4, 0.5) is 0 Å². The fourth-order valence-corrected chi connectivity index (χ4v) is 3.86. The molecule has 0 saturated heterocycles. The van der Waals surface area contributed by atoms with Gasteiger partial charge in [0.2, 0.25) is 5.91 Å². The van der Waals surface area contributed by atoms with Gasteiger partial charge in [0.05, 0.1) is 11.3 Å². The molecule has 1 aromatic heterocycles. The Bertz CT molecular complexity index is 748. The lowest BCUT2D eigenvalue weighted by atomic mass is 10.2. The zero-order chi connectivity index (χ0) is 15.5. The molecule has 0 bridgehead atoms. The van der Waals surface area contributed by atoms with Crippen LogP contribution in [0, 0.1) is 0 Å². The van der Waals surface area contributed by atoms with Crippen molar-refractivity contribution in [3.05, 3.63) is 40.7 Å². The number of aromatic nitrogens is 1. The number of benzene rings is 1. The van der Waals surface area contributed by atoms with Gasteiger partial charge in [0, 0.05) is 29.4 Å².